The summed E-state index contributed by atoms with van der Waals surface area (Å²) < 4.78 is 43.4. The number of ether oxygens (including phenoxy) is 3. The minimum absolute atomic E-state index is 0.0761. The molecule has 0 aromatic carbocycles. The van der Waals surface area contributed by atoms with Gasteiger partial charge in [0.15, 0.2) is 0 Å². The van der Waals surface area contributed by atoms with Gasteiger partial charge >= 0.3 is 16.2 Å². The van der Waals surface area contributed by atoms with Crippen molar-refractivity contribution in [1.82, 2.24) is 24.3 Å². The van der Waals surface area contributed by atoms with Crippen molar-refractivity contribution in [3.8, 4) is 11.8 Å². The van der Waals surface area contributed by atoms with Gasteiger partial charge in [0.05, 0.1) is 51.0 Å². The highest BCUT2D eigenvalue weighted by Gasteiger charge is 2.60. The first-order valence-electron chi connectivity index (χ1n) is 8.97. The summed E-state index contributed by atoms with van der Waals surface area (Å²) in [4.78, 5) is 45.5. The third-order valence-electron chi connectivity index (χ3n) is 4.96. The molecule has 3 aliphatic rings. The first-order valence-corrected chi connectivity index (χ1v) is 10.4. The molecule has 166 valence electrons. The Morgan fingerprint density at radius 3 is 2.16 bits per heavy atom. The highest BCUT2D eigenvalue weighted by atomic mass is 32.2. The van der Waals surface area contributed by atoms with Crippen LogP contribution in [0, 0.1) is 11.8 Å². The van der Waals surface area contributed by atoms with Gasteiger partial charge in [-0.2, -0.15) is 23.1 Å². The van der Waals surface area contributed by atoms with Crippen molar-refractivity contribution in [1.29, 1.82) is 0 Å². The zero-order valence-corrected chi connectivity index (χ0v) is 17.1. The Balaban J connectivity index is 1.35. The number of imide groups is 1. The Kier molecular flexibility index (Phi) is 5.24. The van der Waals surface area contributed by atoms with E-state index in [9.17, 15) is 22.8 Å². The van der Waals surface area contributed by atoms with E-state index in [1.807, 2.05) is 4.72 Å². The maximum Gasteiger partial charge on any atom is 0.336 e. The van der Waals surface area contributed by atoms with Crippen LogP contribution in [0.2, 0.25) is 0 Å². The lowest BCUT2D eigenvalue weighted by Gasteiger charge is -2.18. The number of anilines is 1. The van der Waals surface area contributed by atoms with Gasteiger partial charge in [-0.25, -0.2) is 9.52 Å². The molecule has 3 N–H and O–H groups in total. The molecule has 0 radical (unpaired) electrons. The summed E-state index contributed by atoms with van der Waals surface area (Å²) in [6.07, 6.45) is 2.45. The van der Waals surface area contributed by atoms with Crippen molar-refractivity contribution >= 4 is 34.0 Å². The highest BCUT2D eigenvalue weighted by Crippen LogP contribution is 2.44. The quantitative estimate of drug-likeness (QED) is 0.319. The number of nitrogens with zero attached hydrogens (tertiary/aromatic N) is 3. The summed E-state index contributed by atoms with van der Waals surface area (Å²) >= 11 is 0. The Labute approximate surface area is 176 Å². The molecular weight excluding hydrogens is 436 g/mol. The molecule has 1 aromatic heterocycles. The van der Waals surface area contributed by atoms with Crippen LogP contribution < -0.4 is 24.2 Å². The molecule has 0 saturated carbocycles. The summed E-state index contributed by atoms with van der Waals surface area (Å²) in [6.45, 7) is -0.629. The lowest BCUT2D eigenvalue weighted by Crippen LogP contribution is -2.48. The molecule has 0 aliphatic carbocycles. The van der Waals surface area contributed by atoms with Crippen LogP contribution in [0.25, 0.3) is 0 Å². The number of carbonyl (C=O) groups excluding carboxylic acids is 3. The molecule has 4 unspecified atom stereocenters. The Morgan fingerprint density at radius 1 is 1.10 bits per heavy atom. The molecule has 2 fully saturated rings. The van der Waals surface area contributed by atoms with Crippen LogP contribution in [0.5, 0.6) is 11.8 Å². The van der Waals surface area contributed by atoms with Crippen molar-refractivity contribution in [2.45, 2.75) is 12.2 Å². The number of hydrogen-bond acceptors (Lipinski definition) is 10. The Bertz CT molecular complexity index is 1020. The molecule has 3 aliphatic heterocycles. The molecule has 2 saturated heterocycles. The van der Waals surface area contributed by atoms with Crippen LogP contribution in [0.1, 0.15) is 0 Å². The fourth-order valence-electron chi connectivity index (χ4n) is 3.62. The number of likely N-dealkylation sites (tertiary alicyclic amines) is 1. The van der Waals surface area contributed by atoms with Crippen molar-refractivity contribution in [3.63, 3.8) is 0 Å². The van der Waals surface area contributed by atoms with Gasteiger partial charge in [0.1, 0.15) is 0 Å². The van der Waals surface area contributed by atoms with Crippen LogP contribution in [0.3, 0.4) is 0 Å². The third kappa shape index (κ3) is 3.89. The average Bonchev–Trinajstić information content (AvgIpc) is 3.40. The molecular formula is C16H18N6O8S. The molecule has 1 aromatic rings. The van der Waals surface area contributed by atoms with Crippen LogP contribution in [0.4, 0.5) is 10.7 Å². The van der Waals surface area contributed by atoms with E-state index in [4.69, 9.17) is 14.2 Å². The predicted octanol–water partition coefficient (Wildman–Crippen LogP) is -1.65. The van der Waals surface area contributed by atoms with Gasteiger partial charge in [0, 0.05) is 0 Å². The second-order valence-corrected chi connectivity index (χ2v) is 8.24. The van der Waals surface area contributed by atoms with Gasteiger partial charge in [-0.15, -0.1) is 0 Å². The normalized spacial score (nSPS) is 26.2. The summed E-state index contributed by atoms with van der Waals surface area (Å²) in [5.41, 5.74) is 0. The van der Waals surface area contributed by atoms with Gasteiger partial charge < -0.3 is 14.2 Å². The number of urea groups is 1. The Hall–Kier alpha value is -3.30. The smallest absolute Gasteiger partial charge is 0.336 e. The fraction of sp³-hybridized carbons (Fsp3) is 0.438. The maximum atomic E-state index is 12.5. The molecule has 4 amide bonds. The fourth-order valence-corrected chi connectivity index (χ4v) is 4.29. The number of methoxy groups -OCH3 is 2. The van der Waals surface area contributed by atoms with E-state index in [1.165, 1.54) is 20.3 Å². The first-order chi connectivity index (χ1) is 14.7. The van der Waals surface area contributed by atoms with Crippen molar-refractivity contribution < 1.29 is 37.0 Å². The molecule has 4 rings (SSSR count). The third-order valence-corrected chi connectivity index (χ3v) is 5.93. The minimum Gasteiger partial charge on any atom is -0.481 e. The van der Waals surface area contributed by atoms with E-state index >= 15 is 0 Å². The van der Waals surface area contributed by atoms with E-state index in [0.717, 1.165) is 4.90 Å². The van der Waals surface area contributed by atoms with Crippen LogP contribution in [0.15, 0.2) is 18.2 Å². The van der Waals surface area contributed by atoms with Crippen LogP contribution in [-0.4, -0.2) is 74.2 Å². The lowest BCUT2D eigenvalue weighted by atomic mass is 9.85. The number of aromatic nitrogens is 2. The highest BCUT2D eigenvalue weighted by molar-refractivity contribution is 7.88. The molecule has 15 heteroatoms. The SMILES string of the molecule is COc1cc(OC)nc(NC(=O)NS(=O)(=O)NCN2C(=O)C3C4C=CC(O4)C3C2=O)n1. The number of nitrogens with one attached hydrogen (secondary N) is 3. The van der Waals surface area contributed by atoms with Crippen molar-refractivity contribution in [3.05, 3.63) is 18.2 Å². The first kappa shape index (κ1) is 21.0. The minimum atomic E-state index is -4.42. The lowest BCUT2D eigenvalue weighted by molar-refractivity contribution is -0.142. The van der Waals surface area contributed by atoms with E-state index in [2.05, 4.69) is 15.3 Å². The number of amides is 4. The van der Waals surface area contributed by atoms with E-state index < -0.39 is 58.8 Å². The average molecular weight is 454 g/mol. The Morgan fingerprint density at radius 2 is 1.65 bits per heavy atom. The molecule has 2 bridgehead atoms. The topological polar surface area (TPSA) is 178 Å². The summed E-state index contributed by atoms with van der Waals surface area (Å²) in [5, 5.41) is 2.12. The summed E-state index contributed by atoms with van der Waals surface area (Å²) in [7, 11) is -1.75. The zero-order valence-electron chi connectivity index (χ0n) is 16.3. The van der Waals surface area contributed by atoms with E-state index in [0.29, 0.717) is 0 Å². The van der Waals surface area contributed by atoms with Gasteiger partial charge in [0.2, 0.25) is 29.5 Å². The number of carbonyl (C=O) groups is 3. The number of fused-ring (bicyclic) bond motifs is 5. The number of rotatable bonds is 7. The van der Waals surface area contributed by atoms with Gasteiger partial charge in [-0.1, -0.05) is 12.2 Å². The second-order valence-electron chi connectivity index (χ2n) is 6.74. The van der Waals surface area contributed by atoms with Crippen LogP contribution >= 0.6 is 0 Å². The van der Waals surface area contributed by atoms with Gasteiger partial charge in [0.25, 0.3) is 0 Å². The second kappa shape index (κ2) is 7.75. The maximum absolute atomic E-state index is 12.5. The monoisotopic (exact) mass is 454 g/mol. The zero-order chi connectivity index (χ0) is 22.3. The van der Waals surface area contributed by atoms with Crippen LogP contribution in [-0.2, 0) is 24.5 Å². The predicted molar refractivity (Wildman–Crippen MR) is 101 cm³/mol. The largest absolute Gasteiger partial charge is 0.481 e. The molecule has 14 nitrogen and oxygen atoms in total. The number of hydrogen-bond donors (Lipinski definition) is 3. The standard InChI is InChI=1S/C16H18N6O8S/c1-28-9-5-10(29-2)19-15(18-9)20-16(25)21-31(26,27)17-6-22-13(23)11-7-3-4-8(30-7)12(11)14(22)24/h3-5,7-8,11-12,17H,6H2,1-2H3,(H2,18,19,20,21,25). The van der Waals surface area contributed by atoms with Crippen molar-refractivity contribution in [2.24, 2.45) is 11.8 Å². The summed E-state index contributed by atoms with van der Waals surface area (Å²) in [6, 6.07) is 0.169. The van der Waals surface area contributed by atoms with Crippen molar-refractivity contribution in [2.75, 3.05) is 26.2 Å². The molecule has 4 atom stereocenters. The molecule has 31 heavy (non-hydrogen) atoms. The van der Waals surface area contributed by atoms with E-state index in [-0.39, 0.29) is 17.7 Å². The molecule has 4 heterocycles. The summed E-state index contributed by atoms with van der Waals surface area (Å²) in [5.74, 6) is -2.51. The molecule has 0 spiro atoms. The van der Waals surface area contributed by atoms with Gasteiger partial charge in [-0.3, -0.25) is 19.8 Å². The van der Waals surface area contributed by atoms with Gasteiger partial charge in [-0.05, 0) is 0 Å². The van der Waals surface area contributed by atoms with E-state index in [1.54, 1.807) is 16.9 Å².